The predicted octanol–water partition coefficient (Wildman–Crippen LogP) is 3.44. The fourth-order valence-electron chi connectivity index (χ4n) is 3.76. The summed E-state index contributed by atoms with van der Waals surface area (Å²) < 4.78 is 55.3. The fraction of sp³-hybridized carbons (Fsp3) is 0.238. The highest BCUT2D eigenvalue weighted by Gasteiger charge is 2.39. The average molecular weight is 416 g/mol. The molecule has 4 rings (SSSR count). The first kappa shape index (κ1) is 19.5. The van der Waals surface area contributed by atoms with Gasteiger partial charge in [0.2, 0.25) is 10.0 Å². The summed E-state index contributed by atoms with van der Waals surface area (Å²) in [7, 11) is -1.01. The van der Waals surface area contributed by atoms with E-state index in [1.807, 2.05) is 22.9 Å². The van der Waals surface area contributed by atoms with Gasteiger partial charge in [0, 0.05) is 25.0 Å². The molecule has 0 saturated carbocycles. The van der Waals surface area contributed by atoms with E-state index in [1.165, 1.54) is 36.7 Å². The van der Waals surface area contributed by atoms with Crippen molar-refractivity contribution >= 4 is 10.0 Å². The van der Waals surface area contributed by atoms with Gasteiger partial charge in [0.15, 0.2) is 11.5 Å². The Morgan fingerprint density at radius 2 is 1.72 bits per heavy atom. The van der Waals surface area contributed by atoms with E-state index >= 15 is 0 Å². The van der Waals surface area contributed by atoms with Crippen LogP contribution >= 0.6 is 0 Å². The Kier molecular flexibility index (Phi) is 5.06. The van der Waals surface area contributed by atoms with Crippen LogP contribution in [0.4, 0.5) is 4.39 Å². The zero-order valence-electron chi connectivity index (χ0n) is 16.1. The van der Waals surface area contributed by atoms with Crippen LogP contribution in [0.3, 0.4) is 0 Å². The van der Waals surface area contributed by atoms with Gasteiger partial charge in [0.1, 0.15) is 10.7 Å². The van der Waals surface area contributed by atoms with Gasteiger partial charge in [-0.3, -0.25) is 0 Å². The molecule has 0 radical (unpaired) electrons. The Bertz CT molecular complexity index is 1140. The van der Waals surface area contributed by atoms with Crippen LogP contribution in [0.2, 0.25) is 0 Å². The molecule has 2 heterocycles. The van der Waals surface area contributed by atoms with Crippen LogP contribution in [-0.2, 0) is 16.6 Å². The number of fused-ring (bicyclic) bond motifs is 1. The van der Waals surface area contributed by atoms with E-state index in [2.05, 4.69) is 0 Å². The molecule has 0 spiro atoms. The number of sulfonamides is 1. The lowest BCUT2D eigenvalue weighted by Crippen LogP contribution is -2.42. The van der Waals surface area contributed by atoms with Gasteiger partial charge in [-0.2, -0.15) is 4.31 Å². The van der Waals surface area contributed by atoms with Gasteiger partial charge in [-0.25, -0.2) is 12.8 Å². The maximum atomic E-state index is 14.4. The third-order valence-corrected chi connectivity index (χ3v) is 7.04. The summed E-state index contributed by atoms with van der Waals surface area (Å²) in [5, 5.41) is 0. The number of hydrogen-bond acceptors (Lipinski definition) is 4. The molecule has 0 saturated heterocycles. The van der Waals surface area contributed by atoms with Crippen molar-refractivity contribution in [2.75, 3.05) is 20.8 Å². The van der Waals surface area contributed by atoms with Gasteiger partial charge in [-0.15, -0.1) is 0 Å². The van der Waals surface area contributed by atoms with Gasteiger partial charge in [0.05, 0.1) is 20.3 Å². The molecule has 0 bridgehead atoms. The number of methoxy groups -OCH3 is 2. The maximum Gasteiger partial charge on any atom is 0.246 e. The Labute approximate surface area is 169 Å². The SMILES string of the molecule is COc1ccc(C2c3cccn3CCN2S(=O)(=O)c2ccccc2F)cc1OC. The zero-order chi connectivity index (χ0) is 20.6. The van der Waals surface area contributed by atoms with Crippen LogP contribution in [0, 0.1) is 5.82 Å². The highest BCUT2D eigenvalue weighted by atomic mass is 32.2. The van der Waals surface area contributed by atoms with Gasteiger partial charge in [0.25, 0.3) is 0 Å². The Morgan fingerprint density at radius 3 is 2.45 bits per heavy atom. The van der Waals surface area contributed by atoms with Crippen molar-refractivity contribution in [3.05, 3.63) is 77.9 Å². The smallest absolute Gasteiger partial charge is 0.246 e. The lowest BCUT2D eigenvalue weighted by molar-refractivity contribution is 0.295. The van der Waals surface area contributed by atoms with E-state index < -0.39 is 21.9 Å². The third kappa shape index (κ3) is 3.28. The summed E-state index contributed by atoms with van der Waals surface area (Å²) in [5.41, 5.74) is 1.52. The van der Waals surface area contributed by atoms with Crippen molar-refractivity contribution in [3.63, 3.8) is 0 Å². The van der Waals surface area contributed by atoms with E-state index in [-0.39, 0.29) is 11.4 Å². The molecule has 152 valence electrons. The summed E-state index contributed by atoms with van der Waals surface area (Å²) >= 11 is 0. The van der Waals surface area contributed by atoms with Crippen LogP contribution in [0.1, 0.15) is 17.3 Å². The number of ether oxygens (including phenoxy) is 2. The first-order chi connectivity index (χ1) is 14.0. The second kappa shape index (κ2) is 7.53. The largest absolute Gasteiger partial charge is 0.493 e. The Balaban J connectivity index is 1.88. The van der Waals surface area contributed by atoms with E-state index in [1.54, 1.807) is 18.2 Å². The molecule has 1 unspecified atom stereocenters. The summed E-state index contributed by atoms with van der Waals surface area (Å²) in [6, 6.07) is 13.9. The molecule has 3 aromatic rings. The molecule has 1 atom stereocenters. The quantitative estimate of drug-likeness (QED) is 0.639. The monoisotopic (exact) mass is 416 g/mol. The zero-order valence-corrected chi connectivity index (χ0v) is 16.9. The third-order valence-electron chi connectivity index (χ3n) is 5.14. The van der Waals surface area contributed by atoms with Crippen LogP contribution in [0.5, 0.6) is 11.5 Å². The normalized spacial score (nSPS) is 17.0. The molecule has 2 aromatic carbocycles. The number of aromatic nitrogens is 1. The molecule has 0 N–H and O–H groups in total. The lowest BCUT2D eigenvalue weighted by atomic mass is 10.0. The van der Waals surface area contributed by atoms with Crippen molar-refractivity contribution < 1.29 is 22.3 Å². The molecule has 0 amide bonds. The highest BCUT2D eigenvalue weighted by molar-refractivity contribution is 7.89. The van der Waals surface area contributed by atoms with Crippen molar-refractivity contribution in [1.82, 2.24) is 8.87 Å². The second-order valence-corrected chi connectivity index (χ2v) is 8.55. The summed E-state index contributed by atoms with van der Waals surface area (Å²) in [4.78, 5) is -0.328. The van der Waals surface area contributed by atoms with Gasteiger partial charge < -0.3 is 14.0 Å². The maximum absolute atomic E-state index is 14.4. The van der Waals surface area contributed by atoms with Crippen molar-refractivity contribution in [3.8, 4) is 11.5 Å². The van der Waals surface area contributed by atoms with Crippen LogP contribution in [0.15, 0.2) is 65.7 Å². The van der Waals surface area contributed by atoms with Crippen LogP contribution in [0.25, 0.3) is 0 Å². The van der Waals surface area contributed by atoms with Gasteiger partial charge in [-0.05, 0) is 42.0 Å². The Hall–Kier alpha value is -2.84. The topological polar surface area (TPSA) is 60.8 Å². The minimum absolute atomic E-state index is 0.220. The van der Waals surface area contributed by atoms with E-state index in [9.17, 15) is 12.8 Å². The van der Waals surface area contributed by atoms with E-state index in [0.717, 1.165) is 11.8 Å². The molecule has 29 heavy (non-hydrogen) atoms. The number of halogens is 1. The van der Waals surface area contributed by atoms with E-state index in [4.69, 9.17) is 9.47 Å². The van der Waals surface area contributed by atoms with Crippen molar-refractivity contribution in [1.29, 1.82) is 0 Å². The first-order valence-electron chi connectivity index (χ1n) is 9.10. The van der Waals surface area contributed by atoms with Crippen molar-refractivity contribution in [2.24, 2.45) is 0 Å². The molecule has 1 aliphatic rings. The number of hydrogen-bond donors (Lipinski definition) is 0. The minimum atomic E-state index is -4.07. The summed E-state index contributed by atoms with van der Waals surface area (Å²) in [6.07, 6.45) is 1.91. The molecule has 1 aromatic heterocycles. The van der Waals surface area contributed by atoms with Gasteiger partial charge >= 0.3 is 0 Å². The molecule has 0 aliphatic carbocycles. The number of rotatable bonds is 5. The molecular formula is C21H21FN2O4S. The first-order valence-corrected chi connectivity index (χ1v) is 10.5. The number of benzene rings is 2. The lowest BCUT2D eigenvalue weighted by Gasteiger charge is -2.36. The van der Waals surface area contributed by atoms with Crippen LogP contribution in [-0.4, -0.2) is 38.1 Å². The van der Waals surface area contributed by atoms with Crippen molar-refractivity contribution in [2.45, 2.75) is 17.5 Å². The molecule has 0 fully saturated rings. The average Bonchev–Trinajstić information content (AvgIpc) is 3.21. The van der Waals surface area contributed by atoms with Crippen LogP contribution < -0.4 is 9.47 Å². The summed E-state index contributed by atoms with van der Waals surface area (Å²) in [6.45, 7) is 0.706. The van der Waals surface area contributed by atoms with E-state index in [0.29, 0.717) is 23.6 Å². The number of nitrogens with zero attached hydrogens (tertiary/aromatic N) is 2. The van der Waals surface area contributed by atoms with Gasteiger partial charge in [-0.1, -0.05) is 18.2 Å². The second-order valence-electron chi connectivity index (χ2n) is 6.69. The summed E-state index contributed by atoms with van der Waals surface area (Å²) in [5.74, 6) is 0.280. The predicted molar refractivity (Wildman–Crippen MR) is 106 cm³/mol. The fourth-order valence-corrected chi connectivity index (χ4v) is 5.41. The minimum Gasteiger partial charge on any atom is -0.493 e. The standard InChI is InChI=1S/C21H21FN2O4S/c1-27-18-10-9-15(14-19(18)28-2)21-17-7-5-11-23(17)12-13-24(21)29(25,26)20-8-4-3-6-16(20)22/h3-11,14,21H,12-13H2,1-2H3. The molecule has 6 nitrogen and oxygen atoms in total. The molecule has 8 heteroatoms. The Morgan fingerprint density at radius 1 is 0.966 bits per heavy atom. The highest BCUT2D eigenvalue weighted by Crippen LogP contribution is 2.39. The molecule has 1 aliphatic heterocycles. The molecular weight excluding hydrogens is 395 g/mol.